The molecule has 0 bridgehead atoms. The van der Waals surface area contributed by atoms with Crippen molar-refractivity contribution in [2.45, 2.75) is 38.3 Å². The van der Waals surface area contributed by atoms with E-state index in [9.17, 15) is 8.78 Å². The van der Waals surface area contributed by atoms with Crippen LogP contribution in [0.1, 0.15) is 31.2 Å². The second-order valence-corrected chi connectivity index (χ2v) is 5.64. The minimum absolute atomic E-state index is 0.593. The quantitative estimate of drug-likeness (QED) is 0.739. The molecule has 0 aliphatic heterocycles. The Kier molecular flexibility index (Phi) is 5.13. The summed E-state index contributed by atoms with van der Waals surface area (Å²) in [5.41, 5.74) is 0.849. The molecule has 1 fully saturated rings. The zero-order valence-electron chi connectivity index (χ0n) is 10.3. The summed E-state index contributed by atoms with van der Waals surface area (Å²) in [5, 5.41) is 0.910. The molecule has 1 saturated carbocycles. The summed E-state index contributed by atoms with van der Waals surface area (Å²) in [7, 11) is 0. The van der Waals surface area contributed by atoms with Gasteiger partial charge in [0.1, 0.15) is 0 Å². The summed E-state index contributed by atoms with van der Waals surface area (Å²) in [6.45, 7) is 1.65. The lowest BCUT2D eigenvalue weighted by molar-refractivity contribution is 0.202. The minimum Gasteiger partial charge on any atom is -0.295 e. The standard InChI is InChI=1S/C14H18BrF2N/c15-7-8-18(12-3-1-2-4-12)10-11-5-6-13(16)14(17)9-11/h5-6,9,12H,1-4,7-8,10H2. The third-order valence-electron chi connectivity index (χ3n) is 3.58. The Bertz CT molecular complexity index is 391. The number of hydrogen-bond donors (Lipinski definition) is 0. The maximum Gasteiger partial charge on any atom is 0.159 e. The zero-order valence-corrected chi connectivity index (χ0v) is 11.9. The normalized spacial score (nSPS) is 16.7. The monoisotopic (exact) mass is 317 g/mol. The van der Waals surface area contributed by atoms with Gasteiger partial charge in [0.15, 0.2) is 11.6 Å². The molecule has 1 aromatic carbocycles. The van der Waals surface area contributed by atoms with Crippen molar-refractivity contribution in [3.8, 4) is 0 Å². The van der Waals surface area contributed by atoms with Crippen molar-refractivity contribution in [1.29, 1.82) is 0 Å². The van der Waals surface area contributed by atoms with Crippen molar-refractivity contribution in [2.75, 3.05) is 11.9 Å². The van der Waals surface area contributed by atoms with Crippen LogP contribution in [0.4, 0.5) is 8.78 Å². The molecule has 2 rings (SSSR count). The van der Waals surface area contributed by atoms with E-state index in [1.807, 2.05) is 0 Å². The van der Waals surface area contributed by atoms with E-state index in [4.69, 9.17) is 0 Å². The van der Waals surface area contributed by atoms with E-state index < -0.39 is 11.6 Å². The van der Waals surface area contributed by atoms with Gasteiger partial charge < -0.3 is 0 Å². The molecule has 1 aliphatic carbocycles. The minimum atomic E-state index is -0.772. The Morgan fingerprint density at radius 3 is 2.50 bits per heavy atom. The number of benzene rings is 1. The fourth-order valence-electron chi connectivity index (χ4n) is 2.64. The molecule has 0 aromatic heterocycles. The van der Waals surface area contributed by atoms with Crippen LogP contribution in [0.15, 0.2) is 18.2 Å². The molecule has 100 valence electrons. The molecule has 0 N–H and O–H groups in total. The lowest BCUT2D eigenvalue weighted by Crippen LogP contribution is -2.34. The Balaban J connectivity index is 2.04. The van der Waals surface area contributed by atoms with Gasteiger partial charge in [-0.25, -0.2) is 8.78 Å². The van der Waals surface area contributed by atoms with Crippen molar-refractivity contribution < 1.29 is 8.78 Å². The Morgan fingerprint density at radius 1 is 1.17 bits per heavy atom. The van der Waals surface area contributed by atoms with Gasteiger partial charge in [-0.1, -0.05) is 34.8 Å². The van der Waals surface area contributed by atoms with E-state index >= 15 is 0 Å². The predicted octanol–water partition coefficient (Wildman–Crippen LogP) is 4.10. The van der Waals surface area contributed by atoms with Crippen molar-refractivity contribution in [1.82, 2.24) is 4.90 Å². The first kappa shape index (κ1) is 13.9. The number of alkyl halides is 1. The van der Waals surface area contributed by atoms with E-state index in [-0.39, 0.29) is 0 Å². The molecule has 0 amide bonds. The SMILES string of the molecule is Fc1ccc(CN(CCBr)C2CCCC2)cc1F. The van der Waals surface area contributed by atoms with Gasteiger partial charge in [0.2, 0.25) is 0 Å². The second kappa shape index (κ2) is 6.62. The Morgan fingerprint density at radius 2 is 1.89 bits per heavy atom. The highest BCUT2D eigenvalue weighted by Gasteiger charge is 2.22. The summed E-state index contributed by atoms with van der Waals surface area (Å²) in [4.78, 5) is 2.37. The van der Waals surface area contributed by atoms with Crippen LogP contribution < -0.4 is 0 Å². The summed E-state index contributed by atoms with van der Waals surface area (Å²) < 4.78 is 26.1. The first-order chi connectivity index (χ1) is 8.70. The molecule has 18 heavy (non-hydrogen) atoms. The van der Waals surface area contributed by atoms with Gasteiger partial charge in [0.25, 0.3) is 0 Å². The maximum atomic E-state index is 13.2. The first-order valence-corrected chi connectivity index (χ1v) is 7.57. The van der Waals surface area contributed by atoms with E-state index in [2.05, 4.69) is 20.8 Å². The molecule has 1 aliphatic rings. The van der Waals surface area contributed by atoms with Crippen LogP contribution in [0.5, 0.6) is 0 Å². The van der Waals surface area contributed by atoms with Gasteiger partial charge in [0, 0.05) is 24.5 Å². The Labute approximate surface area is 115 Å². The number of rotatable bonds is 5. The zero-order chi connectivity index (χ0) is 13.0. The molecule has 0 unspecified atom stereocenters. The van der Waals surface area contributed by atoms with Crippen molar-refractivity contribution in [2.24, 2.45) is 0 Å². The van der Waals surface area contributed by atoms with Crippen LogP contribution >= 0.6 is 15.9 Å². The third kappa shape index (κ3) is 3.51. The second-order valence-electron chi connectivity index (χ2n) is 4.85. The summed E-state index contributed by atoms with van der Waals surface area (Å²) >= 11 is 3.46. The molecule has 0 atom stereocenters. The summed E-state index contributed by atoms with van der Waals surface area (Å²) in [5.74, 6) is -1.52. The molecule has 0 heterocycles. The van der Waals surface area contributed by atoms with Gasteiger partial charge in [0.05, 0.1) is 0 Å². The highest BCUT2D eigenvalue weighted by atomic mass is 79.9. The van der Waals surface area contributed by atoms with Crippen LogP contribution in [0.25, 0.3) is 0 Å². The van der Waals surface area contributed by atoms with Gasteiger partial charge in [-0.05, 0) is 30.5 Å². The van der Waals surface area contributed by atoms with Gasteiger partial charge >= 0.3 is 0 Å². The molecule has 1 nitrogen and oxygen atoms in total. The van der Waals surface area contributed by atoms with Crippen molar-refractivity contribution >= 4 is 15.9 Å². The topological polar surface area (TPSA) is 3.24 Å². The van der Waals surface area contributed by atoms with Gasteiger partial charge in [-0.15, -0.1) is 0 Å². The number of hydrogen-bond acceptors (Lipinski definition) is 1. The summed E-state index contributed by atoms with van der Waals surface area (Å²) in [6, 6.07) is 4.79. The molecular formula is C14H18BrF2N. The highest BCUT2D eigenvalue weighted by Crippen LogP contribution is 2.25. The smallest absolute Gasteiger partial charge is 0.159 e. The average molecular weight is 318 g/mol. The van der Waals surface area contributed by atoms with Crippen molar-refractivity contribution in [3.63, 3.8) is 0 Å². The fraction of sp³-hybridized carbons (Fsp3) is 0.571. The van der Waals surface area contributed by atoms with E-state index in [0.29, 0.717) is 12.6 Å². The lowest BCUT2D eigenvalue weighted by Gasteiger charge is -2.28. The van der Waals surface area contributed by atoms with Crippen LogP contribution in [-0.4, -0.2) is 22.8 Å². The molecule has 0 radical (unpaired) electrons. The molecule has 1 aromatic rings. The van der Waals surface area contributed by atoms with Gasteiger partial charge in [-0.3, -0.25) is 4.90 Å². The number of halogens is 3. The lowest BCUT2D eigenvalue weighted by atomic mass is 10.1. The Hall–Kier alpha value is -0.480. The van der Waals surface area contributed by atoms with Gasteiger partial charge in [-0.2, -0.15) is 0 Å². The van der Waals surface area contributed by atoms with Crippen LogP contribution in [0.3, 0.4) is 0 Å². The van der Waals surface area contributed by atoms with Crippen LogP contribution in [-0.2, 0) is 6.54 Å². The molecular weight excluding hydrogens is 300 g/mol. The van der Waals surface area contributed by atoms with E-state index in [1.54, 1.807) is 6.07 Å². The predicted molar refractivity (Wildman–Crippen MR) is 72.8 cm³/mol. The average Bonchev–Trinajstić information content (AvgIpc) is 2.87. The van der Waals surface area contributed by atoms with Crippen LogP contribution in [0.2, 0.25) is 0 Å². The highest BCUT2D eigenvalue weighted by molar-refractivity contribution is 9.09. The molecule has 4 heteroatoms. The molecule has 0 spiro atoms. The maximum absolute atomic E-state index is 13.2. The number of nitrogens with zero attached hydrogens (tertiary/aromatic N) is 1. The largest absolute Gasteiger partial charge is 0.295 e. The van der Waals surface area contributed by atoms with E-state index in [1.165, 1.54) is 37.8 Å². The van der Waals surface area contributed by atoms with Crippen LogP contribution in [0, 0.1) is 11.6 Å². The first-order valence-electron chi connectivity index (χ1n) is 6.44. The third-order valence-corrected chi connectivity index (χ3v) is 3.94. The van der Waals surface area contributed by atoms with Crippen molar-refractivity contribution in [3.05, 3.63) is 35.4 Å². The fourth-order valence-corrected chi connectivity index (χ4v) is 3.10. The van der Waals surface area contributed by atoms with E-state index in [0.717, 1.165) is 17.4 Å². The summed E-state index contributed by atoms with van der Waals surface area (Å²) in [6.07, 6.45) is 5.00. The molecule has 0 saturated heterocycles.